The predicted molar refractivity (Wildman–Crippen MR) is 162 cm³/mol. The van der Waals surface area contributed by atoms with Crippen molar-refractivity contribution in [2.45, 2.75) is 130 Å². The SMILES string of the molecule is CCCCCc1ccc(N=CC=Nc2ccc(CCCCC)c(CCCCC)c2)cc1CCCCC.[Ni]. The van der Waals surface area contributed by atoms with E-state index in [4.69, 9.17) is 9.98 Å². The average molecular weight is 547 g/mol. The molecule has 0 saturated heterocycles. The molecule has 0 fully saturated rings. The fourth-order valence-corrected chi connectivity index (χ4v) is 4.84. The summed E-state index contributed by atoms with van der Waals surface area (Å²) in [6.07, 6.45) is 23.8. The van der Waals surface area contributed by atoms with Gasteiger partial charge in [0.1, 0.15) is 0 Å². The van der Waals surface area contributed by atoms with E-state index in [9.17, 15) is 0 Å². The number of unbranched alkanes of at least 4 members (excludes halogenated alkanes) is 8. The maximum atomic E-state index is 4.72. The number of nitrogens with zero attached hydrogens (tertiary/aromatic N) is 2. The van der Waals surface area contributed by atoms with E-state index < -0.39 is 0 Å². The van der Waals surface area contributed by atoms with Crippen molar-refractivity contribution in [1.82, 2.24) is 0 Å². The van der Waals surface area contributed by atoms with Gasteiger partial charge in [-0.25, -0.2) is 0 Å². The Morgan fingerprint density at radius 2 is 0.784 bits per heavy atom. The first-order valence-electron chi connectivity index (χ1n) is 15.0. The summed E-state index contributed by atoms with van der Waals surface area (Å²) in [7, 11) is 0. The van der Waals surface area contributed by atoms with Gasteiger partial charge in [-0.1, -0.05) is 91.2 Å². The fraction of sp³-hybridized carbons (Fsp3) is 0.588. The first-order chi connectivity index (χ1) is 17.7. The first kappa shape index (κ1) is 33.3. The van der Waals surface area contributed by atoms with Crippen LogP contribution in [0, 0.1) is 0 Å². The van der Waals surface area contributed by atoms with Gasteiger partial charge in [-0.3, -0.25) is 9.98 Å². The van der Waals surface area contributed by atoms with Crippen molar-refractivity contribution in [2.24, 2.45) is 9.98 Å². The molecular formula is C34H52N2Ni. The van der Waals surface area contributed by atoms with Crippen LogP contribution in [0.1, 0.15) is 127 Å². The van der Waals surface area contributed by atoms with Gasteiger partial charge in [-0.2, -0.15) is 0 Å². The molecule has 3 heteroatoms. The summed E-state index contributed by atoms with van der Waals surface area (Å²) in [5.74, 6) is 0. The number of benzene rings is 2. The topological polar surface area (TPSA) is 24.7 Å². The zero-order chi connectivity index (χ0) is 25.8. The van der Waals surface area contributed by atoms with Gasteiger partial charge in [0, 0.05) is 28.9 Å². The van der Waals surface area contributed by atoms with Crippen LogP contribution in [0.3, 0.4) is 0 Å². The summed E-state index contributed by atoms with van der Waals surface area (Å²) in [5, 5.41) is 0. The van der Waals surface area contributed by atoms with E-state index in [2.05, 4.69) is 64.1 Å². The molecular weight excluding hydrogens is 495 g/mol. The molecule has 2 aromatic carbocycles. The van der Waals surface area contributed by atoms with Crippen LogP contribution >= 0.6 is 0 Å². The van der Waals surface area contributed by atoms with E-state index in [0.29, 0.717) is 0 Å². The number of aryl methyl sites for hydroxylation is 4. The first-order valence-corrected chi connectivity index (χ1v) is 15.0. The van der Waals surface area contributed by atoms with Gasteiger partial charge in [-0.05, 0) is 97.9 Å². The summed E-state index contributed by atoms with van der Waals surface area (Å²) in [5.41, 5.74) is 8.09. The third-order valence-electron chi connectivity index (χ3n) is 7.09. The molecule has 0 radical (unpaired) electrons. The molecule has 37 heavy (non-hydrogen) atoms. The third-order valence-corrected chi connectivity index (χ3v) is 7.09. The zero-order valence-electron chi connectivity index (χ0n) is 24.1. The second kappa shape index (κ2) is 21.2. The molecule has 0 unspecified atom stereocenters. The van der Waals surface area contributed by atoms with Crippen LogP contribution in [0.25, 0.3) is 0 Å². The van der Waals surface area contributed by atoms with Gasteiger partial charge in [0.25, 0.3) is 0 Å². The van der Waals surface area contributed by atoms with Gasteiger partial charge in [0.2, 0.25) is 0 Å². The smallest absolute Gasteiger partial charge is 0.0633 e. The van der Waals surface area contributed by atoms with Crippen LogP contribution < -0.4 is 0 Å². The fourth-order valence-electron chi connectivity index (χ4n) is 4.84. The molecule has 0 atom stereocenters. The van der Waals surface area contributed by atoms with Crippen molar-refractivity contribution in [1.29, 1.82) is 0 Å². The average Bonchev–Trinajstić information content (AvgIpc) is 2.89. The molecule has 0 aliphatic rings. The van der Waals surface area contributed by atoms with Crippen molar-refractivity contribution in [3.05, 3.63) is 58.7 Å². The number of aliphatic imine (C=N–C) groups is 2. The van der Waals surface area contributed by atoms with Gasteiger partial charge >= 0.3 is 0 Å². The Labute approximate surface area is 238 Å². The molecule has 0 amide bonds. The number of hydrogen-bond donors (Lipinski definition) is 0. The predicted octanol–water partition coefficient (Wildman–Crippen LogP) is 10.7. The van der Waals surface area contributed by atoms with E-state index in [1.54, 1.807) is 0 Å². The normalized spacial score (nSPS) is 11.5. The Balaban J connectivity index is 0.00000684. The Kier molecular flexibility index (Phi) is 19.1. The minimum absolute atomic E-state index is 0. The van der Waals surface area contributed by atoms with Gasteiger partial charge in [-0.15, -0.1) is 0 Å². The van der Waals surface area contributed by atoms with E-state index in [1.807, 2.05) is 12.4 Å². The Bertz CT molecular complexity index is 841. The van der Waals surface area contributed by atoms with Crippen LogP contribution in [0.2, 0.25) is 0 Å². The molecule has 0 N–H and O–H groups in total. The quantitative estimate of drug-likeness (QED) is 0.0950. The zero-order valence-corrected chi connectivity index (χ0v) is 25.1. The van der Waals surface area contributed by atoms with Crippen LogP contribution in [0.5, 0.6) is 0 Å². The second-order valence-electron chi connectivity index (χ2n) is 10.3. The Morgan fingerprint density at radius 1 is 0.459 bits per heavy atom. The molecule has 0 heterocycles. The summed E-state index contributed by atoms with van der Waals surface area (Å²) in [4.78, 5) is 9.45. The minimum Gasteiger partial charge on any atom is -0.255 e. The van der Waals surface area contributed by atoms with E-state index >= 15 is 0 Å². The molecule has 0 aromatic heterocycles. The van der Waals surface area contributed by atoms with Crippen LogP contribution in [0.4, 0.5) is 11.4 Å². The van der Waals surface area contributed by atoms with Crippen molar-refractivity contribution in [3.63, 3.8) is 0 Å². The summed E-state index contributed by atoms with van der Waals surface area (Å²) in [6, 6.07) is 13.6. The summed E-state index contributed by atoms with van der Waals surface area (Å²) in [6.45, 7) is 9.10. The molecule has 2 nitrogen and oxygen atoms in total. The van der Waals surface area contributed by atoms with Crippen molar-refractivity contribution >= 4 is 23.8 Å². The van der Waals surface area contributed by atoms with Gasteiger partial charge < -0.3 is 0 Å². The van der Waals surface area contributed by atoms with Crippen LogP contribution in [-0.2, 0) is 42.2 Å². The molecule has 0 saturated carbocycles. The number of rotatable bonds is 19. The molecule has 0 aliphatic carbocycles. The third kappa shape index (κ3) is 13.6. The largest absolute Gasteiger partial charge is 0.255 e. The van der Waals surface area contributed by atoms with Gasteiger partial charge in [0.15, 0.2) is 0 Å². The minimum atomic E-state index is 0. The molecule has 2 aromatic rings. The molecule has 0 spiro atoms. The second-order valence-corrected chi connectivity index (χ2v) is 10.3. The van der Waals surface area contributed by atoms with Gasteiger partial charge in [0.05, 0.1) is 11.4 Å². The molecule has 2 rings (SSSR count). The number of hydrogen-bond acceptors (Lipinski definition) is 2. The van der Waals surface area contributed by atoms with Crippen LogP contribution in [-0.4, -0.2) is 12.4 Å². The molecule has 0 aliphatic heterocycles. The Hall–Kier alpha value is -1.73. The monoisotopic (exact) mass is 546 g/mol. The Morgan fingerprint density at radius 3 is 1.11 bits per heavy atom. The van der Waals surface area contributed by atoms with Crippen LogP contribution in [0.15, 0.2) is 46.4 Å². The molecule has 0 bridgehead atoms. The summed E-state index contributed by atoms with van der Waals surface area (Å²) < 4.78 is 0. The maximum absolute atomic E-state index is 4.72. The van der Waals surface area contributed by atoms with Crippen molar-refractivity contribution in [3.8, 4) is 0 Å². The van der Waals surface area contributed by atoms with E-state index in [1.165, 1.54) is 112 Å². The standard InChI is InChI=1S/C34H52N2.Ni/c1-5-9-13-17-29-21-23-33(27-31(29)19-15-11-7-3)35-25-26-36-34-24-22-30(18-14-10-6-2)32(28-34)20-16-12-8-4;/h21-28H,5-20H2,1-4H3;. The summed E-state index contributed by atoms with van der Waals surface area (Å²) >= 11 is 0. The van der Waals surface area contributed by atoms with Crippen molar-refractivity contribution < 1.29 is 16.5 Å². The van der Waals surface area contributed by atoms with E-state index in [0.717, 1.165) is 24.2 Å². The van der Waals surface area contributed by atoms with E-state index in [-0.39, 0.29) is 16.5 Å². The maximum Gasteiger partial charge on any atom is 0.0633 e. The molecule has 208 valence electrons. The van der Waals surface area contributed by atoms with Crippen molar-refractivity contribution in [2.75, 3.05) is 0 Å².